The Balaban J connectivity index is 0.000000107. The fourth-order valence-corrected chi connectivity index (χ4v) is 18.3. The van der Waals surface area contributed by atoms with Crippen LogP contribution >= 0.6 is 0 Å². The minimum atomic E-state index is 0.863. The fraction of sp³-hybridized carbons (Fsp3) is 0.0642. The Morgan fingerprint density at radius 3 is 0.763 bits per heavy atom. The van der Waals surface area contributed by atoms with Gasteiger partial charge in [-0.25, -0.2) is 15.0 Å². The SMILES string of the molecule is Cc1cc(C)c2oc3c(-c4ccc(-c5cnc6c7ccccc7c7ccccc7c6n5)cc4)cc(C)cc3c2c1.Cc1cc(C)c2oc3c(-c4ccc(-c5cnc6c7ccccc7c7ccccc7c6n5)cc4)cc(C)cc3c2c1.Cc1cccc2c1oc1c(-c3ccc(-c4cnc5c6ccccc6c6ccccc6c5n4)cc3)cccc12. The topological polar surface area (TPSA) is 117 Å². The average molecular weight is 1520 g/mol. The van der Waals surface area contributed by atoms with E-state index in [1.165, 1.54) is 87.2 Å². The summed E-state index contributed by atoms with van der Waals surface area (Å²) < 4.78 is 19.4. The first-order valence-corrected chi connectivity index (χ1v) is 40.2. The molecule has 0 amide bonds. The van der Waals surface area contributed by atoms with Gasteiger partial charge < -0.3 is 13.3 Å². The third-order valence-corrected chi connectivity index (χ3v) is 23.8. The van der Waals surface area contributed by atoms with Crippen LogP contribution in [-0.4, -0.2) is 29.9 Å². The van der Waals surface area contributed by atoms with Crippen LogP contribution in [0, 0.1) is 48.5 Å². The molecule has 0 atom stereocenters. The van der Waals surface area contributed by atoms with Crippen LogP contribution in [-0.2, 0) is 0 Å². The average Bonchev–Trinajstić information content (AvgIpc) is 1.63. The molecule has 24 rings (SSSR count). The molecule has 0 fully saturated rings. The fourth-order valence-electron chi connectivity index (χ4n) is 18.3. The molecule has 18 aromatic carbocycles. The first-order chi connectivity index (χ1) is 57.9. The van der Waals surface area contributed by atoms with Crippen molar-refractivity contribution in [1.29, 1.82) is 0 Å². The van der Waals surface area contributed by atoms with Crippen molar-refractivity contribution in [3.63, 3.8) is 0 Å². The lowest BCUT2D eigenvalue weighted by Crippen LogP contribution is -1.92. The van der Waals surface area contributed by atoms with Crippen molar-refractivity contribution >= 4 is 164 Å². The van der Waals surface area contributed by atoms with Crippen molar-refractivity contribution in [3.8, 4) is 67.2 Å². The Kier molecular flexibility index (Phi) is 16.3. The van der Waals surface area contributed by atoms with Gasteiger partial charge in [-0.1, -0.05) is 267 Å². The van der Waals surface area contributed by atoms with E-state index in [1.54, 1.807) is 0 Å². The lowest BCUT2D eigenvalue weighted by atomic mass is 9.97. The Bertz CT molecular complexity index is 7890. The third-order valence-electron chi connectivity index (χ3n) is 23.8. The number of aromatic nitrogens is 6. The minimum absolute atomic E-state index is 0.863. The van der Waals surface area contributed by atoms with Crippen LogP contribution in [0.2, 0.25) is 0 Å². The molecule has 0 spiro atoms. The standard InChI is InChI=1S/2C37H26N2O.C35H22N2O/c2*1-21-16-23(3)36-31(18-21)32-19-22(2)17-30(37(32)40-36)24-12-14-25(15-13-24)33-20-38-34-28-10-6-4-8-26(28)27-9-5-7-11-29(27)35(34)39-33;1-21-8-6-14-29-30-15-7-13-24(35(30)38-34(21)29)22-16-18-23(19-17-22)31-20-36-32-27-11-4-2-9-25(27)26-10-3-5-12-28(26)33(32)37-31/h2*4-20H,1-3H3;2-20H,1H3. The maximum atomic E-state index is 6.50. The lowest BCUT2D eigenvalue weighted by Gasteiger charge is -2.11. The molecule has 0 saturated carbocycles. The van der Waals surface area contributed by atoms with E-state index in [9.17, 15) is 0 Å². The molecule has 0 aliphatic rings. The monoisotopic (exact) mass is 1510 g/mol. The Hall–Kier alpha value is -15.1. The first-order valence-electron chi connectivity index (χ1n) is 40.2. The summed E-state index contributed by atoms with van der Waals surface area (Å²) in [6.07, 6.45) is 5.68. The Morgan fingerprint density at radius 1 is 0.178 bits per heavy atom. The van der Waals surface area contributed by atoms with E-state index in [0.717, 1.165) is 182 Å². The third kappa shape index (κ3) is 11.5. The van der Waals surface area contributed by atoms with Gasteiger partial charge in [0.25, 0.3) is 0 Å². The summed E-state index contributed by atoms with van der Waals surface area (Å²) in [4.78, 5) is 30.2. The summed E-state index contributed by atoms with van der Waals surface area (Å²) >= 11 is 0. The van der Waals surface area contributed by atoms with E-state index < -0.39 is 0 Å². The molecule has 0 aliphatic heterocycles. The van der Waals surface area contributed by atoms with Gasteiger partial charge in [-0.3, -0.25) is 15.0 Å². The second kappa shape index (κ2) is 27.6. The van der Waals surface area contributed by atoms with E-state index in [2.05, 4.69) is 352 Å². The molecular weight excluding hydrogens is 1440 g/mol. The minimum Gasteiger partial charge on any atom is -0.455 e. The number of fused-ring (bicyclic) bond motifs is 27. The summed E-state index contributed by atoms with van der Waals surface area (Å²) in [5.74, 6) is 0. The molecule has 0 unspecified atom stereocenters. The summed E-state index contributed by atoms with van der Waals surface area (Å²) in [7, 11) is 0. The van der Waals surface area contributed by atoms with Gasteiger partial charge in [-0.2, -0.15) is 0 Å². The van der Waals surface area contributed by atoms with Crippen molar-refractivity contribution < 1.29 is 13.3 Å². The van der Waals surface area contributed by atoms with Crippen LogP contribution in [0.25, 0.3) is 231 Å². The predicted octanol–water partition coefficient (Wildman–Crippen LogP) is 29.7. The molecular formula is C109H74N6O3. The van der Waals surface area contributed by atoms with Crippen molar-refractivity contribution in [1.82, 2.24) is 29.9 Å². The van der Waals surface area contributed by atoms with Gasteiger partial charge in [-0.15, -0.1) is 0 Å². The second-order valence-electron chi connectivity index (χ2n) is 31.6. The molecule has 24 aromatic rings. The molecule has 0 saturated heterocycles. The summed E-state index contributed by atoms with van der Waals surface area (Å²) in [5.41, 5.74) is 32.1. The van der Waals surface area contributed by atoms with Gasteiger partial charge >= 0.3 is 0 Å². The highest BCUT2D eigenvalue weighted by molar-refractivity contribution is 6.26. The van der Waals surface area contributed by atoms with Gasteiger partial charge in [-0.05, 0) is 173 Å². The zero-order valence-corrected chi connectivity index (χ0v) is 66.0. The number of aryl methyl sites for hydroxylation is 7. The highest BCUT2D eigenvalue weighted by Gasteiger charge is 2.22. The number of furan rings is 3. The smallest absolute Gasteiger partial charge is 0.143 e. The van der Waals surface area contributed by atoms with Gasteiger partial charge in [0, 0.05) is 98.0 Å². The number of hydrogen-bond donors (Lipinski definition) is 0. The Labute approximate surface area is 678 Å². The normalized spacial score (nSPS) is 11.9. The van der Waals surface area contributed by atoms with E-state index in [4.69, 9.17) is 43.2 Å². The first kappa shape index (κ1) is 69.6. The summed E-state index contributed by atoms with van der Waals surface area (Å²) in [5, 5.41) is 21.0. The molecule has 9 nitrogen and oxygen atoms in total. The number of benzene rings is 18. The summed E-state index contributed by atoms with van der Waals surface area (Å²) in [6, 6.07) is 107. The molecule has 6 aromatic heterocycles. The maximum absolute atomic E-state index is 6.50. The van der Waals surface area contributed by atoms with Crippen LogP contribution in [0.3, 0.4) is 0 Å². The Morgan fingerprint density at radius 2 is 0.424 bits per heavy atom. The van der Waals surface area contributed by atoms with Gasteiger partial charge in [0.2, 0.25) is 0 Å². The van der Waals surface area contributed by atoms with Crippen LogP contribution in [0.1, 0.15) is 38.9 Å². The molecule has 9 heteroatoms. The van der Waals surface area contributed by atoms with Crippen LogP contribution in [0.5, 0.6) is 0 Å². The van der Waals surface area contributed by atoms with Gasteiger partial charge in [0.15, 0.2) is 0 Å². The number of para-hydroxylation sites is 2. The van der Waals surface area contributed by atoms with Crippen molar-refractivity contribution in [3.05, 3.63) is 361 Å². The molecule has 558 valence electrons. The van der Waals surface area contributed by atoms with Gasteiger partial charge in [0.1, 0.15) is 33.5 Å². The zero-order chi connectivity index (χ0) is 79.1. The zero-order valence-electron chi connectivity index (χ0n) is 66.0. The molecule has 0 N–H and O–H groups in total. The molecule has 118 heavy (non-hydrogen) atoms. The number of hydrogen-bond acceptors (Lipinski definition) is 9. The van der Waals surface area contributed by atoms with Gasteiger partial charge in [0.05, 0.1) is 68.8 Å². The van der Waals surface area contributed by atoms with Crippen molar-refractivity contribution in [2.24, 2.45) is 0 Å². The molecule has 0 radical (unpaired) electrons. The number of nitrogens with zero attached hydrogens (tertiary/aromatic N) is 6. The summed E-state index contributed by atoms with van der Waals surface area (Å²) in [6.45, 7) is 14.9. The van der Waals surface area contributed by atoms with E-state index >= 15 is 0 Å². The van der Waals surface area contributed by atoms with Crippen LogP contribution in [0.15, 0.2) is 335 Å². The van der Waals surface area contributed by atoms with E-state index in [0.29, 0.717) is 0 Å². The van der Waals surface area contributed by atoms with E-state index in [-0.39, 0.29) is 0 Å². The van der Waals surface area contributed by atoms with Crippen molar-refractivity contribution in [2.45, 2.75) is 48.5 Å². The molecule has 0 aliphatic carbocycles. The quantitative estimate of drug-likeness (QED) is 0.150. The lowest BCUT2D eigenvalue weighted by molar-refractivity contribution is 0.666. The second-order valence-corrected chi connectivity index (χ2v) is 31.6. The van der Waals surface area contributed by atoms with Crippen LogP contribution in [0.4, 0.5) is 0 Å². The van der Waals surface area contributed by atoms with Crippen LogP contribution < -0.4 is 0 Å². The molecule has 0 bridgehead atoms. The predicted molar refractivity (Wildman–Crippen MR) is 491 cm³/mol. The van der Waals surface area contributed by atoms with Crippen molar-refractivity contribution in [2.75, 3.05) is 0 Å². The van der Waals surface area contributed by atoms with E-state index in [1.807, 2.05) is 18.6 Å². The largest absolute Gasteiger partial charge is 0.455 e. The molecule has 6 heterocycles. The highest BCUT2D eigenvalue weighted by atomic mass is 16.3. The maximum Gasteiger partial charge on any atom is 0.143 e. The number of rotatable bonds is 6. The highest BCUT2D eigenvalue weighted by Crippen LogP contribution is 2.45.